The minimum atomic E-state index is -0.776. The molecule has 4 rings (SSSR count). The normalized spacial score (nSPS) is 14.5. The standard InChI is InChI=1S/C27H30F2N4O3/c1-27(2,3)36-26(35)32-13-11-19(12-14-32)24-21(25(34)30-16-18-7-5-4-6-8-18)17-31-33(24)23-10-9-20(28)15-22(23)29/h4-10,15,17,19H,11-14,16H2,1-3H3,(H,30,34). The monoisotopic (exact) mass is 496 g/mol. The highest BCUT2D eigenvalue weighted by Crippen LogP contribution is 2.33. The molecule has 9 heteroatoms. The Morgan fingerprint density at radius 3 is 2.42 bits per heavy atom. The van der Waals surface area contributed by atoms with E-state index in [0.717, 1.165) is 17.7 Å². The fourth-order valence-corrected chi connectivity index (χ4v) is 4.31. The van der Waals surface area contributed by atoms with Crippen LogP contribution >= 0.6 is 0 Å². The zero-order chi connectivity index (χ0) is 25.9. The van der Waals surface area contributed by atoms with Crippen LogP contribution in [0.2, 0.25) is 0 Å². The van der Waals surface area contributed by atoms with E-state index in [1.807, 2.05) is 51.1 Å². The number of carbonyl (C=O) groups is 2. The third-order valence-corrected chi connectivity index (χ3v) is 6.02. The number of nitrogens with zero attached hydrogens (tertiary/aromatic N) is 3. The molecular formula is C27H30F2N4O3. The number of halogens is 2. The molecule has 36 heavy (non-hydrogen) atoms. The van der Waals surface area contributed by atoms with E-state index >= 15 is 0 Å². The van der Waals surface area contributed by atoms with Gasteiger partial charge in [-0.25, -0.2) is 18.3 Å². The van der Waals surface area contributed by atoms with Gasteiger partial charge < -0.3 is 15.0 Å². The van der Waals surface area contributed by atoms with Crippen molar-refractivity contribution in [2.45, 2.75) is 51.7 Å². The number of hydrogen-bond acceptors (Lipinski definition) is 4. The van der Waals surface area contributed by atoms with Gasteiger partial charge in [0.05, 0.1) is 17.5 Å². The van der Waals surface area contributed by atoms with Crippen LogP contribution in [-0.4, -0.2) is 45.4 Å². The molecule has 1 N–H and O–H groups in total. The van der Waals surface area contributed by atoms with Crippen molar-refractivity contribution in [3.63, 3.8) is 0 Å². The summed E-state index contributed by atoms with van der Waals surface area (Å²) in [7, 11) is 0. The summed E-state index contributed by atoms with van der Waals surface area (Å²) in [6.07, 6.45) is 2.10. The van der Waals surface area contributed by atoms with E-state index in [2.05, 4.69) is 10.4 Å². The first-order valence-corrected chi connectivity index (χ1v) is 12.0. The largest absolute Gasteiger partial charge is 0.444 e. The lowest BCUT2D eigenvalue weighted by Crippen LogP contribution is -2.41. The molecule has 1 fully saturated rings. The Kier molecular flexibility index (Phi) is 7.37. The van der Waals surface area contributed by atoms with Gasteiger partial charge in [-0.3, -0.25) is 4.79 Å². The number of hydrogen-bond donors (Lipinski definition) is 1. The molecule has 2 amide bonds. The molecule has 7 nitrogen and oxygen atoms in total. The SMILES string of the molecule is CC(C)(C)OC(=O)N1CCC(c2c(C(=O)NCc3ccccc3)cnn2-c2ccc(F)cc2F)CC1. The Labute approximate surface area is 209 Å². The molecule has 190 valence electrons. The van der Waals surface area contributed by atoms with E-state index in [-0.39, 0.29) is 23.6 Å². The molecule has 0 unspecified atom stereocenters. The Hall–Kier alpha value is -3.75. The van der Waals surface area contributed by atoms with Crippen molar-refractivity contribution in [3.05, 3.63) is 83.2 Å². The number of likely N-dealkylation sites (tertiary alicyclic amines) is 1. The van der Waals surface area contributed by atoms with Gasteiger partial charge in [-0.15, -0.1) is 0 Å². The van der Waals surface area contributed by atoms with Crippen LogP contribution < -0.4 is 5.32 Å². The van der Waals surface area contributed by atoms with Gasteiger partial charge >= 0.3 is 6.09 Å². The second kappa shape index (κ2) is 10.5. The summed E-state index contributed by atoms with van der Waals surface area (Å²) >= 11 is 0. The fraction of sp³-hybridized carbons (Fsp3) is 0.370. The van der Waals surface area contributed by atoms with Crippen LogP contribution in [0.25, 0.3) is 5.69 Å². The van der Waals surface area contributed by atoms with Crippen molar-refractivity contribution >= 4 is 12.0 Å². The maximum atomic E-state index is 14.7. The number of carbonyl (C=O) groups excluding carboxylic acids is 2. The molecular weight excluding hydrogens is 466 g/mol. The molecule has 2 heterocycles. The van der Waals surface area contributed by atoms with E-state index in [1.165, 1.54) is 16.9 Å². The fourth-order valence-electron chi connectivity index (χ4n) is 4.31. The van der Waals surface area contributed by atoms with Gasteiger partial charge in [-0.05, 0) is 51.3 Å². The van der Waals surface area contributed by atoms with Crippen molar-refractivity contribution in [3.8, 4) is 5.69 Å². The average molecular weight is 497 g/mol. The zero-order valence-electron chi connectivity index (χ0n) is 20.6. The summed E-state index contributed by atoms with van der Waals surface area (Å²) in [4.78, 5) is 27.3. The Morgan fingerprint density at radius 2 is 1.78 bits per heavy atom. The van der Waals surface area contributed by atoms with Gasteiger partial charge in [0.25, 0.3) is 5.91 Å². The van der Waals surface area contributed by atoms with Gasteiger partial charge in [-0.1, -0.05) is 30.3 Å². The van der Waals surface area contributed by atoms with Crippen molar-refractivity contribution in [1.82, 2.24) is 20.0 Å². The summed E-state index contributed by atoms with van der Waals surface area (Å²) < 4.78 is 35.1. The number of piperidine rings is 1. The van der Waals surface area contributed by atoms with Gasteiger partial charge in [0.2, 0.25) is 0 Å². The summed E-state index contributed by atoms with van der Waals surface area (Å²) in [6, 6.07) is 12.7. The number of nitrogens with one attached hydrogen (secondary N) is 1. The van der Waals surface area contributed by atoms with Crippen LogP contribution in [-0.2, 0) is 11.3 Å². The Morgan fingerprint density at radius 1 is 1.08 bits per heavy atom. The Bertz CT molecular complexity index is 1230. The average Bonchev–Trinajstić information content (AvgIpc) is 3.27. The summed E-state index contributed by atoms with van der Waals surface area (Å²) in [6.45, 7) is 6.60. The number of benzene rings is 2. The molecule has 1 aliphatic rings. The Balaban J connectivity index is 1.60. The summed E-state index contributed by atoms with van der Waals surface area (Å²) in [5.41, 5.74) is 1.26. The van der Waals surface area contributed by atoms with E-state index in [4.69, 9.17) is 4.74 Å². The minimum Gasteiger partial charge on any atom is -0.444 e. The predicted octanol–water partition coefficient (Wildman–Crippen LogP) is 5.20. The van der Waals surface area contributed by atoms with Crippen LogP contribution in [0.3, 0.4) is 0 Å². The van der Waals surface area contributed by atoms with Gasteiger partial charge in [0.1, 0.15) is 17.1 Å². The van der Waals surface area contributed by atoms with Gasteiger partial charge in [-0.2, -0.15) is 5.10 Å². The minimum absolute atomic E-state index is 0.0584. The highest BCUT2D eigenvalue weighted by Gasteiger charge is 2.32. The summed E-state index contributed by atoms with van der Waals surface area (Å²) in [5.74, 6) is -1.98. The molecule has 0 atom stereocenters. The summed E-state index contributed by atoms with van der Waals surface area (Å²) in [5, 5.41) is 7.22. The molecule has 3 aromatic rings. The second-order valence-corrected chi connectivity index (χ2v) is 9.86. The molecule has 1 aliphatic heterocycles. The number of aromatic nitrogens is 2. The lowest BCUT2D eigenvalue weighted by molar-refractivity contribution is 0.0203. The molecule has 0 spiro atoms. The zero-order valence-corrected chi connectivity index (χ0v) is 20.6. The lowest BCUT2D eigenvalue weighted by atomic mass is 9.90. The first-order chi connectivity index (χ1) is 17.1. The highest BCUT2D eigenvalue weighted by atomic mass is 19.1. The van der Waals surface area contributed by atoms with Crippen molar-refractivity contribution in [2.75, 3.05) is 13.1 Å². The van der Waals surface area contributed by atoms with E-state index in [9.17, 15) is 18.4 Å². The smallest absolute Gasteiger partial charge is 0.410 e. The predicted molar refractivity (Wildman–Crippen MR) is 131 cm³/mol. The second-order valence-electron chi connectivity index (χ2n) is 9.86. The van der Waals surface area contributed by atoms with Crippen molar-refractivity contribution in [2.24, 2.45) is 0 Å². The molecule has 0 bridgehead atoms. The first-order valence-electron chi connectivity index (χ1n) is 12.0. The van der Waals surface area contributed by atoms with Crippen LogP contribution in [0, 0.1) is 11.6 Å². The molecule has 0 radical (unpaired) electrons. The third kappa shape index (κ3) is 5.90. The van der Waals surface area contributed by atoms with E-state index < -0.39 is 17.2 Å². The molecule has 2 aromatic carbocycles. The topological polar surface area (TPSA) is 76.5 Å². The molecule has 1 aromatic heterocycles. The van der Waals surface area contributed by atoms with Gasteiger partial charge in [0, 0.05) is 31.6 Å². The number of rotatable bonds is 5. The maximum Gasteiger partial charge on any atom is 0.410 e. The number of amides is 2. The molecule has 0 aliphatic carbocycles. The quantitative estimate of drug-likeness (QED) is 0.527. The third-order valence-electron chi connectivity index (χ3n) is 6.02. The van der Waals surface area contributed by atoms with Crippen molar-refractivity contribution < 1.29 is 23.1 Å². The highest BCUT2D eigenvalue weighted by molar-refractivity contribution is 5.95. The molecule has 1 saturated heterocycles. The lowest BCUT2D eigenvalue weighted by Gasteiger charge is -2.34. The first kappa shape index (κ1) is 25.3. The maximum absolute atomic E-state index is 14.7. The van der Waals surface area contributed by atoms with Crippen molar-refractivity contribution in [1.29, 1.82) is 0 Å². The van der Waals surface area contributed by atoms with E-state index in [0.29, 0.717) is 43.7 Å². The van der Waals surface area contributed by atoms with Crippen LogP contribution in [0.1, 0.15) is 61.1 Å². The van der Waals surface area contributed by atoms with Crippen LogP contribution in [0.4, 0.5) is 13.6 Å². The van der Waals surface area contributed by atoms with Crippen LogP contribution in [0.15, 0.2) is 54.7 Å². The van der Waals surface area contributed by atoms with E-state index in [1.54, 1.807) is 4.90 Å². The van der Waals surface area contributed by atoms with Gasteiger partial charge in [0.15, 0.2) is 5.82 Å². The molecule has 0 saturated carbocycles. The van der Waals surface area contributed by atoms with Crippen LogP contribution in [0.5, 0.6) is 0 Å². The number of ether oxygens (including phenoxy) is 1.